The van der Waals surface area contributed by atoms with E-state index in [-0.39, 0.29) is 18.3 Å². The van der Waals surface area contributed by atoms with Crippen molar-refractivity contribution in [2.24, 2.45) is 0 Å². The van der Waals surface area contributed by atoms with E-state index in [9.17, 15) is 5.21 Å². The Balaban J connectivity index is 0.00000128. The van der Waals surface area contributed by atoms with Gasteiger partial charge in [0.25, 0.3) is 0 Å². The second kappa shape index (κ2) is 5.32. The van der Waals surface area contributed by atoms with Gasteiger partial charge in [0.1, 0.15) is 5.84 Å². The zero-order chi connectivity index (χ0) is 10.8. The number of halogens is 1. The van der Waals surface area contributed by atoms with Gasteiger partial charge in [-0.2, -0.15) is 0 Å². The van der Waals surface area contributed by atoms with E-state index in [1.54, 1.807) is 0 Å². The summed E-state index contributed by atoms with van der Waals surface area (Å²) in [6.45, 7) is 0. The Labute approximate surface area is 102 Å². The van der Waals surface area contributed by atoms with Gasteiger partial charge in [0.15, 0.2) is 0 Å². The Morgan fingerprint density at radius 2 is 2.12 bits per heavy atom. The molecule has 88 valence electrons. The van der Waals surface area contributed by atoms with Crippen molar-refractivity contribution in [3.8, 4) is 0 Å². The molecule has 3 nitrogen and oxygen atoms in total. The van der Waals surface area contributed by atoms with Gasteiger partial charge in [-0.25, -0.2) is 5.06 Å². The minimum atomic E-state index is 0. The predicted octanol–water partition coefficient (Wildman–Crippen LogP) is 2.83. The number of rotatable bonds is 1. The molecule has 0 saturated heterocycles. The smallest absolute Gasteiger partial charge is 0.128 e. The Morgan fingerprint density at radius 1 is 1.44 bits per heavy atom. The maximum absolute atomic E-state index is 9.31. The van der Waals surface area contributed by atoms with Crippen LogP contribution < -0.4 is 0 Å². The van der Waals surface area contributed by atoms with Crippen LogP contribution in [0.4, 0.5) is 0 Å². The van der Waals surface area contributed by atoms with Gasteiger partial charge in [0.05, 0.1) is 0 Å². The van der Waals surface area contributed by atoms with Crippen molar-refractivity contribution in [3.05, 3.63) is 35.4 Å². The van der Waals surface area contributed by atoms with Crippen molar-refractivity contribution in [3.63, 3.8) is 0 Å². The third-order valence-corrected chi connectivity index (χ3v) is 3.05. The summed E-state index contributed by atoms with van der Waals surface area (Å²) in [5.74, 6) is 0.354. The third kappa shape index (κ3) is 2.36. The number of hydrogen-bond acceptors (Lipinski definition) is 2. The molecule has 0 fully saturated rings. The number of likely N-dealkylation sites (N-methyl/N-ethyl adjacent to an activating group) is 1. The molecule has 0 heterocycles. The fourth-order valence-corrected chi connectivity index (χ4v) is 2.26. The van der Waals surface area contributed by atoms with Gasteiger partial charge in [0.2, 0.25) is 0 Å². The van der Waals surface area contributed by atoms with Gasteiger partial charge in [-0.1, -0.05) is 24.3 Å². The van der Waals surface area contributed by atoms with Crippen molar-refractivity contribution in [1.82, 2.24) is 5.06 Å². The highest BCUT2D eigenvalue weighted by Crippen LogP contribution is 2.32. The SMILES string of the molecule is CN(O)C(=N)C1CCCc2ccccc21.Cl. The van der Waals surface area contributed by atoms with Gasteiger partial charge in [0, 0.05) is 13.0 Å². The third-order valence-electron chi connectivity index (χ3n) is 3.05. The highest BCUT2D eigenvalue weighted by Gasteiger charge is 2.24. The largest absolute Gasteiger partial charge is 0.288 e. The molecule has 1 atom stereocenters. The van der Waals surface area contributed by atoms with E-state index in [0.29, 0.717) is 5.84 Å². The average molecular weight is 241 g/mol. The van der Waals surface area contributed by atoms with E-state index < -0.39 is 0 Å². The lowest BCUT2D eigenvalue weighted by atomic mass is 9.82. The first kappa shape index (κ1) is 13.0. The van der Waals surface area contributed by atoms with Crippen LogP contribution in [0.2, 0.25) is 0 Å². The van der Waals surface area contributed by atoms with Crippen molar-refractivity contribution in [1.29, 1.82) is 5.41 Å². The van der Waals surface area contributed by atoms with Crippen molar-refractivity contribution >= 4 is 18.2 Å². The number of benzene rings is 1. The number of amidine groups is 1. The summed E-state index contributed by atoms with van der Waals surface area (Å²) < 4.78 is 0. The maximum atomic E-state index is 9.31. The zero-order valence-corrected chi connectivity index (χ0v) is 10.1. The summed E-state index contributed by atoms with van der Waals surface area (Å²) >= 11 is 0. The van der Waals surface area contributed by atoms with Crippen LogP contribution in [0.25, 0.3) is 0 Å². The minimum Gasteiger partial charge on any atom is -0.288 e. The minimum absolute atomic E-state index is 0. The molecule has 1 aliphatic carbocycles. The van der Waals surface area contributed by atoms with E-state index in [1.165, 1.54) is 18.2 Å². The lowest BCUT2D eigenvalue weighted by molar-refractivity contribution is 0.00821. The van der Waals surface area contributed by atoms with Gasteiger partial charge in [-0.15, -0.1) is 12.4 Å². The molecule has 16 heavy (non-hydrogen) atoms. The summed E-state index contributed by atoms with van der Waals surface area (Å²) in [7, 11) is 1.51. The van der Waals surface area contributed by atoms with E-state index in [0.717, 1.165) is 24.3 Å². The highest BCUT2D eigenvalue weighted by molar-refractivity contribution is 5.86. The summed E-state index contributed by atoms with van der Waals surface area (Å²) in [6, 6.07) is 8.22. The summed E-state index contributed by atoms with van der Waals surface area (Å²) in [5.41, 5.74) is 2.52. The molecule has 2 rings (SSSR count). The van der Waals surface area contributed by atoms with Gasteiger partial charge in [-0.05, 0) is 30.4 Å². The van der Waals surface area contributed by atoms with Crippen LogP contribution in [-0.2, 0) is 6.42 Å². The lowest BCUT2D eigenvalue weighted by Crippen LogP contribution is -2.30. The monoisotopic (exact) mass is 240 g/mol. The first-order valence-electron chi connectivity index (χ1n) is 5.29. The number of fused-ring (bicyclic) bond motifs is 1. The van der Waals surface area contributed by atoms with Gasteiger partial charge < -0.3 is 0 Å². The predicted molar refractivity (Wildman–Crippen MR) is 66.6 cm³/mol. The molecular weight excluding hydrogens is 224 g/mol. The van der Waals surface area contributed by atoms with Crippen LogP contribution in [-0.4, -0.2) is 23.2 Å². The van der Waals surface area contributed by atoms with E-state index >= 15 is 0 Å². The molecule has 0 bridgehead atoms. The molecule has 0 spiro atoms. The lowest BCUT2D eigenvalue weighted by Gasteiger charge is -2.28. The molecule has 1 aliphatic rings. The van der Waals surface area contributed by atoms with Crippen LogP contribution in [0.15, 0.2) is 24.3 Å². The number of hydrogen-bond donors (Lipinski definition) is 2. The molecular formula is C12H17ClN2O. The van der Waals surface area contributed by atoms with Crippen molar-refractivity contribution in [2.75, 3.05) is 7.05 Å². The molecule has 0 aliphatic heterocycles. The van der Waals surface area contributed by atoms with Gasteiger partial charge >= 0.3 is 0 Å². The summed E-state index contributed by atoms with van der Waals surface area (Å²) in [5, 5.41) is 18.1. The molecule has 0 amide bonds. The molecule has 1 unspecified atom stereocenters. The fourth-order valence-electron chi connectivity index (χ4n) is 2.26. The first-order valence-corrected chi connectivity index (χ1v) is 5.29. The highest BCUT2D eigenvalue weighted by atomic mass is 35.5. The first-order chi connectivity index (χ1) is 7.20. The van der Waals surface area contributed by atoms with Crippen molar-refractivity contribution in [2.45, 2.75) is 25.2 Å². The zero-order valence-electron chi connectivity index (χ0n) is 9.31. The van der Waals surface area contributed by atoms with Crippen LogP contribution in [0, 0.1) is 5.41 Å². The Bertz CT molecular complexity index is 379. The van der Waals surface area contributed by atoms with Crippen LogP contribution in [0.3, 0.4) is 0 Å². The van der Waals surface area contributed by atoms with Crippen molar-refractivity contribution < 1.29 is 5.21 Å². The Morgan fingerprint density at radius 3 is 2.81 bits per heavy atom. The number of nitrogens with zero attached hydrogens (tertiary/aromatic N) is 1. The number of aryl methyl sites for hydroxylation is 1. The average Bonchev–Trinajstić information content (AvgIpc) is 2.27. The molecule has 0 aromatic heterocycles. The van der Waals surface area contributed by atoms with E-state index in [1.807, 2.05) is 12.1 Å². The second-order valence-corrected chi connectivity index (χ2v) is 4.05. The fraction of sp³-hybridized carbons (Fsp3) is 0.417. The van der Waals surface area contributed by atoms with E-state index in [2.05, 4.69) is 12.1 Å². The normalized spacial score (nSPS) is 18.2. The molecule has 0 saturated carbocycles. The number of hydroxylamine groups is 2. The molecule has 2 N–H and O–H groups in total. The quantitative estimate of drug-likeness (QED) is 0.451. The summed E-state index contributed by atoms with van der Waals surface area (Å²) in [4.78, 5) is 0. The molecule has 0 radical (unpaired) electrons. The Kier molecular flexibility index (Phi) is 4.33. The maximum Gasteiger partial charge on any atom is 0.128 e. The number of nitrogens with one attached hydrogen (secondary N) is 1. The van der Waals surface area contributed by atoms with Gasteiger partial charge in [-0.3, -0.25) is 10.6 Å². The molecule has 4 heteroatoms. The molecule has 1 aromatic carbocycles. The standard InChI is InChI=1S/C12H16N2O.ClH/c1-14(15)12(13)11-8-4-6-9-5-2-3-7-10(9)11;/h2-3,5,7,11,13,15H,4,6,8H2,1H3;1H. The summed E-state index contributed by atoms with van der Waals surface area (Å²) in [6.07, 6.45) is 3.15. The molecule has 1 aromatic rings. The second-order valence-electron chi connectivity index (χ2n) is 4.05. The Hall–Kier alpha value is -1.06. The topological polar surface area (TPSA) is 47.3 Å². The van der Waals surface area contributed by atoms with Crippen LogP contribution >= 0.6 is 12.4 Å². The van der Waals surface area contributed by atoms with E-state index in [4.69, 9.17) is 5.41 Å². The van der Waals surface area contributed by atoms with Crippen LogP contribution in [0.5, 0.6) is 0 Å². The van der Waals surface area contributed by atoms with Crippen LogP contribution in [0.1, 0.15) is 29.9 Å².